The maximum atomic E-state index is 12.3. The number of carbonyl (C=O) groups excluding carboxylic acids is 1. The molecular formula is C17H22ClN5O. The van der Waals surface area contributed by atoms with Crippen molar-refractivity contribution >= 4 is 29.3 Å². The van der Waals surface area contributed by atoms with E-state index in [0.717, 1.165) is 11.3 Å². The van der Waals surface area contributed by atoms with Crippen LogP contribution < -0.4 is 10.6 Å². The van der Waals surface area contributed by atoms with Gasteiger partial charge in [-0.25, -0.2) is 4.98 Å². The van der Waals surface area contributed by atoms with Gasteiger partial charge in [0.05, 0.1) is 12.1 Å². The summed E-state index contributed by atoms with van der Waals surface area (Å²) in [5.74, 6) is 1.15. The van der Waals surface area contributed by atoms with Gasteiger partial charge in [0.25, 0.3) is 0 Å². The first kappa shape index (κ1) is 18.0. The zero-order chi connectivity index (χ0) is 17.7. The summed E-state index contributed by atoms with van der Waals surface area (Å²) in [6, 6.07) is 5.38. The van der Waals surface area contributed by atoms with E-state index >= 15 is 0 Å². The van der Waals surface area contributed by atoms with Crippen LogP contribution in [0.5, 0.6) is 0 Å². The van der Waals surface area contributed by atoms with Crippen LogP contribution >= 0.6 is 11.6 Å². The Morgan fingerprint density at radius 1 is 1.50 bits per heavy atom. The van der Waals surface area contributed by atoms with Gasteiger partial charge in [-0.1, -0.05) is 31.2 Å². The fraction of sp³-hybridized carbons (Fsp3) is 0.353. The first-order valence-electron chi connectivity index (χ1n) is 7.74. The zero-order valence-electron chi connectivity index (χ0n) is 14.1. The molecule has 1 heterocycles. The van der Waals surface area contributed by atoms with Crippen LogP contribution in [0.2, 0.25) is 5.02 Å². The van der Waals surface area contributed by atoms with Crippen LogP contribution in [-0.4, -0.2) is 27.6 Å². The van der Waals surface area contributed by atoms with Gasteiger partial charge in [-0.05, 0) is 44.0 Å². The molecule has 0 aliphatic carbocycles. The third kappa shape index (κ3) is 4.14. The standard InChI is InChI=1S/C17H22ClN5O/c1-5-12-9-13(18)7-8-14(12)19-10-15(24)21-17(4,6-2)16-20-11(3)22-23-16/h5,7-9,19H,1,6,10H2,2-4H3,(H,21,24)(H,20,22,23). The van der Waals surface area contributed by atoms with Gasteiger partial charge in [0.1, 0.15) is 5.82 Å². The molecule has 2 rings (SSSR count). The predicted molar refractivity (Wildman–Crippen MR) is 96.9 cm³/mol. The molecule has 6 nitrogen and oxygen atoms in total. The topological polar surface area (TPSA) is 82.7 Å². The maximum absolute atomic E-state index is 12.3. The molecule has 3 N–H and O–H groups in total. The van der Waals surface area contributed by atoms with Crippen LogP contribution in [0.4, 0.5) is 5.69 Å². The number of carbonyl (C=O) groups is 1. The van der Waals surface area contributed by atoms with E-state index in [1.807, 2.05) is 26.8 Å². The van der Waals surface area contributed by atoms with Crippen LogP contribution in [0, 0.1) is 6.92 Å². The van der Waals surface area contributed by atoms with E-state index in [2.05, 4.69) is 32.4 Å². The minimum Gasteiger partial charge on any atom is -0.376 e. The third-order valence-electron chi connectivity index (χ3n) is 3.89. The molecule has 1 atom stereocenters. The van der Waals surface area contributed by atoms with E-state index in [1.165, 1.54) is 0 Å². The van der Waals surface area contributed by atoms with Crippen molar-refractivity contribution in [2.45, 2.75) is 32.7 Å². The number of amides is 1. The SMILES string of the molecule is C=Cc1cc(Cl)ccc1NCC(=O)NC(C)(CC)c1n[nH]c(C)n1. The number of halogens is 1. The molecule has 1 aromatic heterocycles. The van der Waals surface area contributed by atoms with E-state index in [1.54, 1.807) is 18.2 Å². The summed E-state index contributed by atoms with van der Waals surface area (Å²) < 4.78 is 0. The van der Waals surface area contributed by atoms with Crippen LogP contribution in [0.1, 0.15) is 37.5 Å². The lowest BCUT2D eigenvalue weighted by atomic mass is 9.98. The van der Waals surface area contributed by atoms with Crippen molar-refractivity contribution in [1.29, 1.82) is 0 Å². The molecule has 0 aliphatic heterocycles. The van der Waals surface area contributed by atoms with Crippen molar-refractivity contribution in [1.82, 2.24) is 20.5 Å². The second-order valence-corrected chi connectivity index (χ2v) is 6.20. The number of aromatic nitrogens is 3. The lowest BCUT2D eigenvalue weighted by Gasteiger charge is -2.26. The van der Waals surface area contributed by atoms with Gasteiger partial charge in [-0.2, -0.15) is 5.10 Å². The molecular weight excluding hydrogens is 326 g/mol. The minimum atomic E-state index is -0.620. The smallest absolute Gasteiger partial charge is 0.240 e. The van der Waals surface area contributed by atoms with E-state index < -0.39 is 5.54 Å². The Hall–Kier alpha value is -2.34. The van der Waals surface area contributed by atoms with Gasteiger partial charge < -0.3 is 10.6 Å². The predicted octanol–water partition coefficient (Wildman–Crippen LogP) is 3.26. The van der Waals surface area contributed by atoms with E-state index in [4.69, 9.17) is 11.6 Å². The molecule has 0 spiro atoms. The van der Waals surface area contributed by atoms with Crippen LogP contribution in [0.25, 0.3) is 6.08 Å². The summed E-state index contributed by atoms with van der Waals surface area (Å²) in [4.78, 5) is 16.7. The Kier molecular flexibility index (Phi) is 5.62. The number of aryl methyl sites for hydroxylation is 1. The van der Waals surface area contributed by atoms with Crippen molar-refractivity contribution in [3.8, 4) is 0 Å². The molecule has 1 amide bonds. The third-order valence-corrected chi connectivity index (χ3v) is 4.12. The molecule has 2 aromatic rings. The molecule has 0 bridgehead atoms. The maximum Gasteiger partial charge on any atom is 0.240 e. The molecule has 0 saturated heterocycles. The lowest BCUT2D eigenvalue weighted by Crippen LogP contribution is -2.46. The number of rotatable bonds is 7. The summed E-state index contributed by atoms with van der Waals surface area (Å²) in [5, 5.41) is 13.7. The summed E-state index contributed by atoms with van der Waals surface area (Å²) in [6.07, 6.45) is 2.37. The molecule has 0 fully saturated rings. The average molecular weight is 348 g/mol. The van der Waals surface area contributed by atoms with Gasteiger partial charge in [-0.15, -0.1) is 0 Å². The van der Waals surface area contributed by atoms with E-state index in [9.17, 15) is 4.79 Å². The highest BCUT2D eigenvalue weighted by Gasteiger charge is 2.30. The van der Waals surface area contributed by atoms with E-state index in [-0.39, 0.29) is 12.5 Å². The van der Waals surface area contributed by atoms with E-state index in [0.29, 0.717) is 23.1 Å². The molecule has 1 unspecified atom stereocenters. The van der Waals surface area contributed by atoms with Crippen molar-refractivity contribution in [2.24, 2.45) is 0 Å². The molecule has 0 aliphatic rings. The van der Waals surface area contributed by atoms with Crippen molar-refractivity contribution in [2.75, 3.05) is 11.9 Å². The Morgan fingerprint density at radius 3 is 2.83 bits per heavy atom. The highest BCUT2D eigenvalue weighted by atomic mass is 35.5. The normalized spacial score (nSPS) is 13.2. The van der Waals surface area contributed by atoms with Crippen molar-refractivity contribution in [3.63, 3.8) is 0 Å². The van der Waals surface area contributed by atoms with Crippen molar-refractivity contribution < 1.29 is 4.79 Å². The Bertz CT molecular complexity index is 742. The molecule has 128 valence electrons. The summed E-state index contributed by atoms with van der Waals surface area (Å²) in [7, 11) is 0. The number of hydrogen-bond acceptors (Lipinski definition) is 4. The highest BCUT2D eigenvalue weighted by Crippen LogP contribution is 2.22. The largest absolute Gasteiger partial charge is 0.376 e. The van der Waals surface area contributed by atoms with Gasteiger partial charge in [0, 0.05) is 10.7 Å². The number of benzene rings is 1. The van der Waals surface area contributed by atoms with Gasteiger partial charge in [0.15, 0.2) is 5.82 Å². The minimum absolute atomic E-state index is 0.126. The fourth-order valence-electron chi connectivity index (χ4n) is 2.28. The Balaban J connectivity index is 2.03. The molecule has 7 heteroatoms. The van der Waals surface area contributed by atoms with Gasteiger partial charge in [-0.3, -0.25) is 9.89 Å². The molecule has 24 heavy (non-hydrogen) atoms. The molecule has 0 radical (unpaired) electrons. The highest BCUT2D eigenvalue weighted by molar-refractivity contribution is 6.30. The fourth-order valence-corrected chi connectivity index (χ4v) is 2.46. The number of nitrogens with one attached hydrogen (secondary N) is 3. The number of anilines is 1. The van der Waals surface area contributed by atoms with Gasteiger partial charge >= 0.3 is 0 Å². The quantitative estimate of drug-likeness (QED) is 0.718. The molecule has 1 aromatic carbocycles. The second-order valence-electron chi connectivity index (χ2n) is 5.77. The number of aromatic amines is 1. The monoisotopic (exact) mass is 347 g/mol. The number of nitrogens with zero attached hydrogens (tertiary/aromatic N) is 2. The zero-order valence-corrected chi connectivity index (χ0v) is 14.9. The molecule has 0 saturated carbocycles. The number of H-pyrrole nitrogens is 1. The Morgan fingerprint density at radius 2 is 2.25 bits per heavy atom. The first-order valence-corrected chi connectivity index (χ1v) is 8.12. The summed E-state index contributed by atoms with van der Waals surface area (Å²) >= 11 is 5.96. The first-order chi connectivity index (χ1) is 11.4. The van der Waals surface area contributed by atoms with Crippen molar-refractivity contribution in [3.05, 3.63) is 47.0 Å². The lowest BCUT2D eigenvalue weighted by molar-refractivity contribution is -0.121. The van der Waals surface area contributed by atoms with Crippen LogP contribution in [-0.2, 0) is 10.3 Å². The number of hydrogen-bond donors (Lipinski definition) is 3. The van der Waals surface area contributed by atoms with Crippen LogP contribution in [0.3, 0.4) is 0 Å². The summed E-state index contributed by atoms with van der Waals surface area (Å²) in [5.41, 5.74) is 1.03. The average Bonchev–Trinajstić information content (AvgIpc) is 3.00. The second kappa shape index (κ2) is 7.49. The van der Waals surface area contributed by atoms with Gasteiger partial charge in [0.2, 0.25) is 5.91 Å². The van der Waals surface area contributed by atoms with Crippen LogP contribution in [0.15, 0.2) is 24.8 Å². The summed E-state index contributed by atoms with van der Waals surface area (Å²) in [6.45, 7) is 9.60. The Labute approximate surface area is 146 Å².